The molecule has 5 heteroatoms. The fraction of sp³-hybridized carbons (Fsp3) is 0.625. The molecule has 0 amide bonds. The van der Waals surface area contributed by atoms with Crippen LogP contribution < -0.4 is 5.32 Å². The highest BCUT2D eigenvalue weighted by atomic mass is 32.1. The van der Waals surface area contributed by atoms with Crippen molar-refractivity contribution in [3.8, 4) is 0 Å². The molecule has 2 heterocycles. The first-order valence-electron chi connectivity index (χ1n) is 7.92. The van der Waals surface area contributed by atoms with Crippen molar-refractivity contribution in [3.05, 3.63) is 28.0 Å². The molecule has 21 heavy (non-hydrogen) atoms. The molecule has 0 bridgehead atoms. The van der Waals surface area contributed by atoms with Gasteiger partial charge in [0.15, 0.2) is 0 Å². The van der Waals surface area contributed by atoms with E-state index in [1.54, 1.807) is 11.3 Å². The Kier molecular flexibility index (Phi) is 4.58. The molecule has 2 aromatic rings. The minimum Gasteiger partial charge on any atom is -0.353 e. The topological polar surface area (TPSA) is 42.7 Å². The van der Waals surface area contributed by atoms with Crippen LogP contribution in [0.5, 0.6) is 0 Å². The van der Waals surface area contributed by atoms with E-state index < -0.39 is 0 Å². The van der Waals surface area contributed by atoms with Crippen molar-refractivity contribution in [2.24, 2.45) is 0 Å². The molecule has 0 atom stereocenters. The molecule has 1 saturated carbocycles. The van der Waals surface area contributed by atoms with Crippen LogP contribution >= 0.6 is 11.3 Å². The number of hydrogen-bond donors (Lipinski definition) is 1. The van der Waals surface area contributed by atoms with Gasteiger partial charge in [-0.2, -0.15) is 0 Å². The smallest absolute Gasteiger partial charge is 0.203 e. The predicted octanol–water partition coefficient (Wildman–Crippen LogP) is 3.94. The summed E-state index contributed by atoms with van der Waals surface area (Å²) in [5.41, 5.74) is 2.21. The van der Waals surface area contributed by atoms with E-state index in [1.807, 2.05) is 0 Å². The summed E-state index contributed by atoms with van der Waals surface area (Å²) >= 11 is 1.75. The maximum Gasteiger partial charge on any atom is 0.203 e. The summed E-state index contributed by atoms with van der Waals surface area (Å²) in [5, 5.41) is 6.98. The molecule has 0 unspecified atom stereocenters. The number of nitrogens with one attached hydrogen (secondary N) is 1. The molecule has 114 valence electrons. The second kappa shape index (κ2) is 6.60. The normalized spacial score (nSPS) is 16.3. The van der Waals surface area contributed by atoms with Gasteiger partial charge in [0.25, 0.3) is 0 Å². The summed E-state index contributed by atoms with van der Waals surface area (Å²) in [6.45, 7) is 5.07. The van der Waals surface area contributed by atoms with E-state index in [0.717, 1.165) is 30.3 Å². The van der Waals surface area contributed by atoms with E-state index in [1.165, 1.54) is 37.1 Å². The highest BCUT2D eigenvalue weighted by Crippen LogP contribution is 2.22. The monoisotopic (exact) mass is 304 g/mol. The third-order valence-corrected chi connectivity index (χ3v) is 5.09. The fourth-order valence-corrected chi connectivity index (χ4v) is 3.76. The average Bonchev–Trinajstić information content (AvgIpc) is 3.04. The maximum atomic E-state index is 4.66. The van der Waals surface area contributed by atoms with Crippen LogP contribution in [0.2, 0.25) is 0 Å². The van der Waals surface area contributed by atoms with Gasteiger partial charge < -0.3 is 9.88 Å². The number of imidazole rings is 1. The number of nitrogens with zero attached hydrogens (tertiary/aromatic N) is 3. The van der Waals surface area contributed by atoms with Crippen molar-refractivity contribution in [1.29, 1.82) is 0 Å². The van der Waals surface area contributed by atoms with Crippen molar-refractivity contribution in [2.45, 2.75) is 65.0 Å². The Morgan fingerprint density at radius 3 is 2.71 bits per heavy atom. The first-order chi connectivity index (χ1) is 10.2. The zero-order valence-corrected chi connectivity index (χ0v) is 13.7. The van der Waals surface area contributed by atoms with E-state index in [-0.39, 0.29) is 0 Å². The molecular weight excluding hydrogens is 280 g/mol. The predicted molar refractivity (Wildman–Crippen MR) is 88.0 cm³/mol. The highest BCUT2D eigenvalue weighted by molar-refractivity contribution is 7.09. The average molecular weight is 304 g/mol. The van der Waals surface area contributed by atoms with Gasteiger partial charge in [0.2, 0.25) is 5.95 Å². The summed E-state index contributed by atoms with van der Waals surface area (Å²) in [5.74, 6) is 1.03. The number of thiazole rings is 1. The Hall–Kier alpha value is -1.36. The van der Waals surface area contributed by atoms with Gasteiger partial charge in [-0.3, -0.25) is 0 Å². The largest absolute Gasteiger partial charge is 0.353 e. The van der Waals surface area contributed by atoms with Gasteiger partial charge in [-0.25, -0.2) is 9.97 Å². The van der Waals surface area contributed by atoms with Crippen molar-refractivity contribution in [3.63, 3.8) is 0 Å². The molecule has 4 nitrogen and oxygen atoms in total. The van der Waals surface area contributed by atoms with E-state index >= 15 is 0 Å². The van der Waals surface area contributed by atoms with Gasteiger partial charge in [-0.1, -0.05) is 19.3 Å². The molecular formula is C16H24N4S. The molecule has 1 aliphatic rings. The second-order valence-electron chi connectivity index (χ2n) is 6.01. The summed E-state index contributed by atoms with van der Waals surface area (Å²) in [4.78, 5) is 9.20. The molecule has 0 saturated heterocycles. The van der Waals surface area contributed by atoms with E-state index in [2.05, 4.69) is 45.3 Å². The molecule has 1 N–H and O–H groups in total. The number of aromatic nitrogens is 3. The van der Waals surface area contributed by atoms with Crippen LogP contribution in [0.4, 0.5) is 5.95 Å². The Labute approximate surface area is 130 Å². The first kappa shape index (κ1) is 14.6. The van der Waals surface area contributed by atoms with Crippen LogP contribution in [0.3, 0.4) is 0 Å². The molecule has 0 radical (unpaired) electrons. The van der Waals surface area contributed by atoms with Crippen LogP contribution in [0.15, 0.2) is 11.6 Å². The summed E-state index contributed by atoms with van der Waals surface area (Å²) in [6.07, 6.45) is 9.75. The van der Waals surface area contributed by atoms with Gasteiger partial charge >= 0.3 is 0 Å². The van der Waals surface area contributed by atoms with Gasteiger partial charge in [0.05, 0.1) is 10.7 Å². The van der Waals surface area contributed by atoms with E-state index in [9.17, 15) is 0 Å². The van der Waals surface area contributed by atoms with Crippen LogP contribution in [0.1, 0.15) is 48.5 Å². The van der Waals surface area contributed by atoms with Crippen LogP contribution in [0, 0.1) is 13.8 Å². The van der Waals surface area contributed by atoms with Crippen molar-refractivity contribution >= 4 is 17.3 Å². The summed E-state index contributed by atoms with van der Waals surface area (Å²) < 4.78 is 2.25. The highest BCUT2D eigenvalue weighted by Gasteiger charge is 2.16. The lowest BCUT2D eigenvalue weighted by Gasteiger charge is -2.23. The number of aryl methyl sites for hydroxylation is 4. The summed E-state index contributed by atoms with van der Waals surface area (Å²) in [6, 6.07) is 0.599. The van der Waals surface area contributed by atoms with Crippen molar-refractivity contribution < 1.29 is 0 Å². The Morgan fingerprint density at radius 2 is 2.00 bits per heavy atom. The van der Waals surface area contributed by atoms with Gasteiger partial charge in [0, 0.05) is 36.3 Å². The van der Waals surface area contributed by atoms with Gasteiger partial charge in [-0.15, -0.1) is 11.3 Å². The quantitative estimate of drug-likeness (QED) is 0.909. The standard InChI is InChI=1S/C16H24N4S/c1-12-10-20(9-8-15-17-13(2)11-21-15)16(18-12)19-14-6-4-3-5-7-14/h10-11,14H,3-9H2,1-2H3,(H,18,19). The molecule has 1 fully saturated rings. The molecule has 0 aliphatic heterocycles. The molecule has 0 aromatic carbocycles. The van der Waals surface area contributed by atoms with Crippen LogP contribution in [0.25, 0.3) is 0 Å². The third kappa shape index (κ3) is 3.84. The second-order valence-corrected chi connectivity index (χ2v) is 6.95. The fourth-order valence-electron chi connectivity index (χ4n) is 3.00. The van der Waals surface area contributed by atoms with Crippen LogP contribution in [-0.4, -0.2) is 20.6 Å². The lowest BCUT2D eigenvalue weighted by atomic mass is 9.96. The SMILES string of the molecule is Cc1csc(CCn2cc(C)nc2NC2CCCCC2)n1. The Morgan fingerprint density at radius 1 is 1.19 bits per heavy atom. The molecule has 3 rings (SSSR count). The number of hydrogen-bond acceptors (Lipinski definition) is 4. The number of rotatable bonds is 5. The van der Waals surface area contributed by atoms with E-state index in [4.69, 9.17) is 0 Å². The lowest BCUT2D eigenvalue weighted by molar-refractivity contribution is 0.459. The zero-order chi connectivity index (χ0) is 14.7. The number of anilines is 1. The van der Waals surface area contributed by atoms with Crippen molar-refractivity contribution in [1.82, 2.24) is 14.5 Å². The summed E-state index contributed by atoms with van der Waals surface area (Å²) in [7, 11) is 0. The molecule has 2 aromatic heterocycles. The zero-order valence-electron chi connectivity index (χ0n) is 12.9. The van der Waals surface area contributed by atoms with E-state index in [0.29, 0.717) is 6.04 Å². The molecule has 0 spiro atoms. The van der Waals surface area contributed by atoms with Gasteiger partial charge in [0.1, 0.15) is 0 Å². The Balaban J connectivity index is 1.64. The van der Waals surface area contributed by atoms with Gasteiger partial charge in [-0.05, 0) is 26.7 Å². The third-order valence-electron chi connectivity index (χ3n) is 4.07. The minimum atomic E-state index is 0.599. The first-order valence-corrected chi connectivity index (χ1v) is 8.80. The minimum absolute atomic E-state index is 0.599. The van der Waals surface area contributed by atoms with Crippen molar-refractivity contribution in [2.75, 3.05) is 5.32 Å². The Bertz CT molecular complexity index is 581. The molecule has 1 aliphatic carbocycles. The van der Waals surface area contributed by atoms with Crippen LogP contribution in [-0.2, 0) is 13.0 Å². The lowest BCUT2D eigenvalue weighted by Crippen LogP contribution is -2.24. The maximum absolute atomic E-state index is 4.66.